The lowest BCUT2D eigenvalue weighted by atomic mass is 10.1. The third-order valence-electron chi connectivity index (χ3n) is 3.15. The fourth-order valence-electron chi connectivity index (χ4n) is 1.97. The quantitative estimate of drug-likeness (QED) is 0.630. The van der Waals surface area contributed by atoms with Gasteiger partial charge in [-0.2, -0.15) is 0 Å². The maximum Gasteiger partial charge on any atom is 0.185 e. The molecule has 0 unspecified atom stereocenters. The number of halogens is 2. The standard InChI is InChI=1S/C17H14Cl2O4/c1-22-14-9-11(17(23-2)16(19)15(14)18)5-8-13(21)10-3-6-12(20)7-4-10/h3-9,20H,1-2H3. The Labute approximate surface area is 143 Å². The largest absolute Gasteiger partial charge is 0.508 e. The van der Waals surface area contributed by atoms with Crippen molar-refractivity contribution in [2.45, 2.75) is 0 Å². The van der Waals surface area contributed by atoms with Crippen molar-refractivity contribution in [2.75, 3.05) is 14.2 Å². The molecule has 0 amide bonds. The van der Waals surface area contributed by atoms with Crippen LogP contribution in [0.5, 0.6) is 17.2 Å². The third-order valence-corrected chi connectivity index (χ3v) is 3.98. The molecule has 23 heavy (non-hydrogen) atoms. The van der Waals surface area contributed by atoms with Gasteiger partial charge in [0.05, 0.1) is 14.2 Å². The van der Waals surface area contributed by atoms with Crippen LogP contribution < -0.4 is 9.47 Å². The lowest BCUT2D eigenvalue weighted by Gasteiger charge is -2.12. The van der Waals surface area contributed by atoms with Crippen molar-refractivity contribution in [2.24, 2.45) is 0 Å². The first-order chi connectivity index (χ1) is 11.0. The second-order valence-electron chi connectivity index (χ2n) is 4.57. The summed E-state index contributed by atoms with van der Waals surface area (Å²) in [6, 6.07) is 7.60. The summed E-state index contributed by atoms with van der Waals surface area (Å²) in [6.45, 7) is 0. The molecule has 2 aromatic carbocycles. The van der Waals surface area contributed by atoms with Crippen molar-refractivity contribution in [1.82, 2.24) is 0 Å². The van der Waals surface area contributed by atoms with Gasteiger partial charge in [0.25, 0.3) is 0 Å². The van der Waals surface area contributed by atoms with Crippen LogP contribution in [0.25, 0.3) is 6.08 Å². The van der Waals surface area contributed by atoms with E-state index >= 15 is 0 Å². The second kappa shape index (κ2) is 7.40. The van der Waals surface area contributed by atoms with Gasteiger partial charge in [-0.15, -0.1) is 0 Å². The van der Waals surface area contributed by atoms with Gasteiger partial charge in [0.1, 0.15) is 27.3 Å². The summed E-state index contributed by atoms with van der Waals surface area (Å²) in [6.07, 6.45) is 2.95. The summed E-state index contributed by atoms with van der Waals surface area (Å²) in [7, 11) is 2.93. The van der Waals surface area contributed by atoms with Crippen LogP contribution in [0.4, 0.5) is 0 Å². The fourth-order valence-corrected chi connectivity index (χ4v) is 2.47. The Kier molecular flexibility index (Phi) is 5.53. The van der Waals surface area contributed by atoms with E-state index in [1.54, 1.807) is 12.1 Å². The number of hydrogen-bond donors (Lipinski definition) is 1. The minimum Gasteiger partial charge on any atom is -0.508 e. The molecule has 0 heterocycles. The summed E-state index contributed by atoms with van der Waals surface area (Å²) >= 11 is 12.2. The number of allylic oxidation sites excluding steroid dienone is 1. The molecule has 0 radical (unpaired) electrons. The normalized spacial score (nSPS) is 10.8. The number of aromatic hydroxyl groups is 1. The Balaban J connectivity index is 2.36. The molecule has 6 heteroatoms. The molecule has 0 saturated heterocycles. The van der Waals surface area contributed by atoms with Crippen molar-refractivity contribution in [3.8, 4) is 17.2 Å². The number of rotatable bonds is 5. The first kappa shape index (κ1) is 17.2. The van der Waals surface area contributed by atoms with E-state index in [0.717, 1.165) is 0 Å². The van der Waals surface area contributed by atoms with Crippen molar-refractivity contribution < 1.29 is 19.4 Å². The van der Waals surface area contributed by atoms with Crippen molar-refractivity contribution in [3.63, 3.8) is 0 Å². The number of benzene rings is 2. The minimum absolute atomic E-state index is 0.0985. The van der Waals surface area contributed by atoms with E-state index in [4.69, 9.17) is 32.7 Å². The average Bonchev–Trinajstić information content (AvgIpc) is 2.56. The van der Waals surface area contributed by atoms with Gasteiger partial charge in [-0.1, -0.05) is 23.2 Å². The summed E-state index contributed by atoms with van der Waals surface area (Å²) in [5, 5.41) is 9.70. The maximum absolute atomic E-state index is 12.1. The van der Waals surface area contributed by atoms with Crippen molar-refractivity contribution >= 4 is 35.1 Å². The predicted octanol–water partition coefficient (Wildman–Crippen LogP) is 4.61. The summed E-state index contributed by atoms with van der Waals surface area (Å²) < 4.78 is 10.4. The zero-order valence-corrected chi connectivity index (χ0v) is 14.0. The van der Waals surface area contributed by atoms with E-state index < -0.39 is 0 Å². The molecule has 4 nitrogen and oxygen atoms in total. The van der Waals surface area contributed by atoms with E-state index in [-0.39, 0.29) is 21.6 Å². The molecule has 0 aliphatic carbocycles. The highest BCUT2D eigenvalue weighted by molar-refractivity contribution is 6.44. The molecule has 2 aromatic rings. The second-order valence-corrected chi connectivity index (χ2v) is 5.33. The SMILES string of the molecule is COc1cc(C=CC(=O)c2ccc(O)cc2)c(OC)c(Cl)c1Cl. The van der Waals surface area contributed by atoms with Crippen LogP contribution in [0.1, 0.15) is 15.9 Å². The number of ether oxygens (including phenoxy) is 2. The summed E-state index contributed by atoms with van der Waals surface area (Å²) in [5.74, 6) is 0.611. The van der Waals surface area contributed by atoms with Crippen LogP contribution in [-0.4, -0.2) is 25.1 Å². The highest BCUT2D eigenvalue weighted by Gasteiger charge is 2.15. The predicted molar refractivity (Wildman–Crippen MR) is 91.0 cm³/mol. The molecule has 1 N–H and O–H groups in total. The van der Waals surface area contributed by atoms with Crippen LogP contribution in [-0.2, 0) is 0 Å². The first-order valence-electron chi connectivity index (χ1n) is 6.59. The van der Waals surface area contributed by atoms with E-state index in [1.807, 2.05) is 0 Å². The Morgan fingerprint density at radius 1 is 1.09 bits per heavy atom. The third kappa shape index (κ3) is 3.78. The van der Waals surface area contributed by atoms with E-state index in [0.29, 0.717) is 22.6 Å². The molecule has 0 spiro atoms. The maximum atomic E-state index is 12.1. The Morgan fingerprint density at radius 3 is 2.30 bits per heavy atom. The van der Waals surface area contributed by atoms with E-state index in [9.17, 15) is 9.90 Å². The number of carbonyl (C=O) groups is 1. The van der Waals surface area contributed by atoms with Crippen LogP contribution in [0.3, 0.4) is 0 Å². The molecular formula is C17H14Cl2O4. The molecule has 0 bridgehead atoms. The molecule has 2 rings (SSSR count). The molecule has 0 aliphatic rings. The van der Waals surface area contributed by atoms with E-state index in [2.05, 4.69) is 0 Å². The lowest BCUT2D eigenvalue weighted by molar-refractivity contribution is 0.104. The highest BCUT2D eigenvalue weighted by atomic mass is 35.5. The Bertz CT molecular complexity index is 752. The van der Waals surface area contributed by atoms with Gasteiger partial charge in [-0.05, 0) is 42.5 Å². The molecule has 0 saturated carbocycles. The minimum atomic E-state index is -0.225. The van der Waals surface area contributed by atoms with Crippen molar-refractivity contribution in [3.05, 3.63) is 57.6 Å². The van der Waals surface area contributed by atoms with Crippen LogP contribution in [0.2, 0.25) is 10.0 Å². The van der Waals surface area contributed by atoms with Crippen LogP contribution in [0.15, 0.2) is 36.4 Å². The zero-order valence-electron chi connectivity index (χ0n) is 12.5. The van der Waals surface area contributed by atoms with Gasteiger partial charge in [-0.25, -0.2) is 0 Å². The van der Waals surface area contributed by atoms with Crippen molar-refractivity contribution in [1.29, 1.82) is 0 Å². The molecule has 0 atom stereocenters. The summed E-state index contributed by atoms with van der Waals surface area (Å²) in [5.41, 5.74) is 1.01. The zero-order chi connectivity index (χ0) is 17.0. The topological polar surface area (TPSA) is 55.8 Å². The van der Waals surface area contributed by atoms with Gasteiger partial charge in [0, 0.05) is 11.1 Å². The Morgan fingerprint density at radius 2 is 1.74 bits per heavy atom. The van der Waals surface area contributed by atoms with Crippen LogP contribution >= 0.6 is 23.2 Å². The summed E-state index contributed by atoms with van der Waals surface area (Å²) in [4.78, 5) is 12.1. The Hall–Kier alpha value is -2.17. The number of phenols is 1. The number of hydrogen-bond acceptors (Lipinski definition) is 4. The van der Waals surface area contributed by atoms with Gasteiger partial charge < -0.3 is 14.6 Å². The molecule has 0 aliphatic heterocycles. The lowest BCUT2D eigenvalue weighted by Crippen LogP contribution is -1.95. The number of methoxy groups -OCH3 is 2. The van der Waals surface area contributed by atoms with Gasteiger partial charge >= 0.3 is 0 Å². The number of carbonyl (C=O) groups excluding carboxylic acids is 1. The number of phenolic OH excluding ortho intramolecular Hbond substituents is 1. The molecule has 0 fully saturated rings. The van der Waals surface area contributed by atoms with Crippen LogP contribution in [0, 0.1) is 0 Å². The number of ketones is 1. The smallest absolute Gasteiger partial charge is 0.185 e. The van der Waals surface area contributed by atoms with Gasteiger partial charge in [0.15, 0.2) is 5.78 Å². The molecule has 120 valence electrons. The fraction of sp³-hybridized carbons (Fsp3) is 0.118. The van der Waals surface area contributed by atoms with Gasteiger partial charge in [-0.3, -0.25) is 4.79 Å². The molecular weight excluding hydrogens is 339 g/mol. The molecule has 0 aromatic heterocycles. The van der Waals surface area contributed by atoms with Gasteiger partial charge in [0.2, 0.25) is 0 Å². The highest BCUT2D eigenvalue weighted by Crippen LogP contribution is 2.42. The first-order valence-corrected chi connectivity index (χ1v) is 7.35. The average molecular weight is 353 g/mol. The monoisotopic (exact) mass is 352 g/mol. The van der Waals surface area contributed by atoms with E-state index in [1.165, 1.54) is 44.6 Å².